The van der Waals surface area contributed by atoms with Crippen LogP contribution in [0.2, 0.25) is 5.02 Å². The van der Waals surface area contributed by atoms with Gasteiger partial charge in [0.2, 0.25) is 0 Å². The van der Waals surface area contributed by atoms with E-state index in [2.05, 4.69) is 31.8 Å². The maximum Gasteiger partial charge on any atom is 0.281 e. The van der Waals surface area contributed by atoms with E-state index >= 15 is 0 Å². The predicted octanol–water partition coefficient (Wildman–Crippen LogP) is 4.83. The minimum atomic E-state index is -0.532. The van der Waals surface area contributed by atoms with Crippen LogP contribution in [0.15, 0.2) is 68.6 Å². The van der Waals surface area contributed by atoms with Crippen molar-refractivity contribution >= 4 is 51.0 Å². The second-order valence-corrected chi connectivity index (χ2v) is 7.13. The molecule has 3 rings (SSSR count). The fourth-order valence-electron chi connectivity index (χ4n) is 2.39. The smallest absolute Gasteiger partial charge is 0.281 e. The highest BCUT2D eigenvalue weighted by Crippen LogP contribution is 2.33. The lowest BCUT2D eigenvalue weighted by Gasteiger charge is -2.04. The number of carbonyl (C=O) groups is 1. The molecule has 0 atom stereocenters. The predicted molar refractivity (Wildman–Crippen MR) is 114 cm³/mol. The zero-order valence-corrected chi connectivity index (χ0v) is 17.1. The van der Waals surface area contributed by atoms with Gasteiger partial charge in [-0.25, -0.2) is 5.43 Å². The van der Waals surface area contributed by atoms with Gasteiger partial charge in [0, 0.05) is 21.2 Å². The number of nitro groups is 1. The third-order valence-corrected chi connectivity index (χ3v) is 4.49. The zero-order chi connectivity index (χ0) is 20.8. The van der Waals surface area contributed by atoms with Gasteiger partial charge in [0.05, 0.1) is 23.2 Å². The summed E-state index contributed by atoms with van der Waals surface area (Å²) < 4.78 is 6.50. The first kappa shape index (κ1) is 20.6. The molecule has 1 heterocycles. The molecule has 2 N–H and O–H groups in total. The molecule has 0 spiro atoms. The molecule has 0 saturated carbocycles. The molecule has 0 aliphatic carbocycles. The number of hydrogen-bond donors (Lipinski definition) is 2. The summed E-state index contributed by atoms with van der Waals surface area (Å²) >= 11 is 9.16. The summed E-state index contributed by atoms with van der Waals surface area (Å²) in [6.45, 7) is 0.0410. The second kappa shape index (κ2) is 9.35. The molecule has 148 valence electrons. The van der Waals surface area contributed by atoms with E-state index in [9.17, 15) is 14.9 Å². The van der Waals surface area contributed by atoms with Crippen molar-refractivity contribution in [3.8, 4) is 11.3 Å². The maximum atomic E-state index is 11.8. The van der Waals surface area contributed by atoms with Gasteiger partial charge in [-0.05, 0) is 48.5 Å². The standard InChI is InChI=1S/C19H14BrClN4O4/c20-12-1-4-14(5-2-12)22-11-19(26)24-23-10-15-6-8-18(29-15)16-7-3-13(21)9-17(16)25(27)28/h1-10,22H,11H2,(H,24,26)/b23-10-. The van der Waals surface area contributed by atoms with Crippen LogP contribution in [-0.2, 0) is 4.79 Å². The van der Waals surface area contributed by atoms with Gasteiger partial charge < -0.3 is 9.73 Å². The molecule has 1 aromatic heterocycles. The average Bonchev–Trinajstić information content (AvgIpc) is 3.16. The van der Waals surface area contributed by atoms with Crippen molar-refractivity contribution in [3.05, 3.63) is 80.0 Å². The first-order valence-electron chi connectivity index (χ1n) is 8.28. The van der Waals surface area contributed by atoms with Crippen LogP contribution >= 0.6 is 27.5 Å². The molecule has 1 amide bonds. The van der Waals surface area contributed by atoms with E-state index in [1.54, 1.807) is 18.2 Å². The zero-order valence-electron chi connectivity index (χ0n) is 14.8. The van der Waals surface area contributed by atoms with E-state index in [0.717, 1.165) is 10.2 Å². The van der Waals surface area contributed by atoms with E-state index in [4.69, 9.17) is 16.0 Å². The lowest BCUT2D eigenvalue weighted by Crippen LogP contribution is -2.25. The molecule has 0 saturated heterocycles. The highest BCUT2D eigenvalue weighted by molar-refractivity contribution is 9.10. The average molecular weight is 478 g/mol. The lowest BCUT2D eigenvalue weighted by atomic mass is 10.1. The fourth-order valence-corrected chi connectivity index (χ4v) is 2.82. The van der Waals surface area contributed by atoms with Gasteiger partial charge >= 0.3 is 0 Å². The Morgan fingerprint density at radius 3 is 2.69 bits per heavy atom. The Morgan fingerprint density at radius 1 is 1.21 bits per heavy atom. The van der Waals surface area contributed by atoms with Gasteiger partial charge in [-0.1, -0.05) is 27.5 Å². The molecule has 2 aromatic carbocycles. The molecular weight excluding hydrogens is 464 g/mol. The summed E-state index contributed by atoms with van der Waals surface area (Å²) in [5.74, 6) is 0.271. The molecular formula is C19H14BrClN4O4. The van der Waals surface area contributed by atoms with Crippen LogP contribution in [0.3, 0.4) is 0 Å². The van der Waals surface area contributed by atoms with Crippen molar-refractivity contribution in [1.29, 1.82) is 0 Å². The Hall–Kier alpha value is -3.17. The Balaban J connectivity index is 1.59. The number of nitrogens with zero attached hydrogens (tertiary/aromatic N) is 2. The number of nitro benzene ring substituents is 1. The summed E-state index contributed by atoms with van der Waals surface area (Å²) in [4.78, 5) is 22.5. The van der Waals surface area contributed by atoms with Crippen LogP contribution in [0.25, 0.3) is 11.3 Å². The SMILES string of the molecule is O=C(CNc1ccc(Br)cc1)N/N=C\c1ccc(-c2ccc(Cl)cc2[N+](=O)[O-])o1. The van der Waals surface area contributed by atoms with E-state index < -0.39 is 4.92 Å². The van der Waals surface area contributed by atoms with Crippen LogP contribution in [0.5, 0.6) is 0 Å². The largest absolute Gasteiger partial charge is 0.455 e. The van der Waals surface area contributed by atoms with E-state index in [0.29, 0.717) is 11.3 Å². The van der Waals surface area contributed by atoms with Crippen LogP contribution in [0.4, 0.5) is 11.4 Å². The van der Waals surface area contributed by atoms with Crippen molar-refractivity contribution in [2.45, 2.75) is 0 Å². The highest BCUT2D eigenvalue weighted by atomic mass is 79.9. The lowest BCUT2D eigenvalue weighted by molar-refractivity contribution is -0.384. The number of rotatable bonds is 7. The minimum absolute atomic E-state index is 0.0410. The quantitative estimate of drug-likeness (QED) is 0.288. The third kappa shape index (κ3) is 5.66. The third-order valence-electron chi connectivity index (χ3n) is 3.73. The number of nitrogens with one attached hydrogen (secondary N) is 2. The van der Waals surface area contributed by atoms with Gasteiger partial charge in [-0.3, -0.25) is 14.9 Å². The van der Waals surface area contributed by atoms with Gasteiger partial charge in [0.1, 0.15) is 11.5 Å². The number of halogens is 2. The Morgan fingerprint density at radius 2 is 1.97 bits per heavy atom. The molecule has 0 aliphatic heterocycles. The molecule has 0 unspecified atom stereocenters. The molecule has 0 radical (unpaired) electrons. The van der Waals surface area contributed by atoms with Crippen LogP contribution in [-0.4, -0.2) is 23.6 Å². The van der Waals surface area contributed by atoms with Crippen molar-refractivity contribution in [2.24, 2.45) is 5.10 Å². The fraction of sp³-hybridized carbons (Fsp3) is 0.0526. The number of furan rings is 1. The van der Waals surface area contributed by atoms with Crippen molar-refractivity contribution in [2.75, 3.05) is 11.9 Å². The molecule has 0 fully saturated rings. The molecule has 8 nitrogen and oxygen atoms in total. The summed E-state index contributed by atoms with van der Waals surface area (Å²) in [6, 6.07) is 14.9. The van der Waals surface area contributed by atoms with Gasteiger partial charge in [-0.15, -0.1) is 0 Å². The summed E-state index contributed by atoms with van der Waals surface area (Å²) in [7, 11) is 0. The highest BCUT2D eigenvalue weighted by Gasteiger charge is 2.18. The van der Waals surface area contributed by atoms with E-state index in [1.807, 2.05) is 24.3 Å². The number of hydrogen-bond acceptors (Lipinski definition) is 6. The van der Waals surface area contributed by atoms with Crippen LogP contribution in [0.1, 0.15) is 5.76 Å². The first-order chi connectivity index (χ1) is 13.9. The van der Waals surface area contributed by atoms with Crippen molar-refractivity contribution in [1.82, 2.24) is 5.43 Å². The molecule has 29 heavy (non-hydrogen) atoms. The maximum absolute atomic E-state index is 11.8. The number of hydrazone groups is 1. The Bertz CT molecular complexity index is 1070. The minimum Gasteiger partial charge on any atom is -0.455 e. The van der Waals surface area contributed by atoms with Gasteiger partial charge in [-0.2, -0.15) is 5.10 Å². The van der Waals surface area contributed by atoms with E-state index in [1.165, 1.54) is 18.3 Å². The molecule has 0 aliphatic rings. The number of amides is 1. The number of carbonyl (C=O) groups excluding carboxylic acids is 1. The second-order valence-electron chi connectivity index (χ2n) is 5.77. The Labute approximate surface area is 178 Å². The Kier molecular flexibility index (Phi) is 6.63. The van der Waals surface area contributed by atoms with E-state index in [-0.39, 0.29) is 28.9 Å². The molecule has 0 bridgehead atoms. The summed E-state index contributed by atoms with van der Waals surface area (Å²) in [5.41, 5.74) is 3.30. The van der Waals surface area contributed by atoms with Crippen molar-refractivity contribution in [3.63, 3.8) is 0 Å². The van der Waals surface area contributed by atoms with Gasteiger partial charge in [0.25, 0.3) is 11.6 Å². The van der Waals surface area contributed by atoms with Crippen LogP contribution in [0, 0.1) is 10.1 Å². The number of benzene rings is 2. The number of anilines is 1. The topological polar surface area (TPSA) is 110 Å². The van der Waals surface area contributed by atoms with Crippen molar-refractivity contribution < 1.29 is 14.1 Å². The first-order valence-corrected chi connectivity index (χ1v) is 9.45. The normalized spacial score (nSPS) is 10.8. The van der Waals surface area contributed by atoms with Crippen LogP contribution < -0.4 is 10.7 Å². The summed E-state index contributed by atoms with van der Waals surface area (Å²) in [6.07, 6.45) is 1.31. The monoisotopic (exact) mass is 476 g/mol. The molecule has 10 heteroatoms. The summed E-state index contributed by atoms with van der Waals surface area (Å²) in [5, 5.41) is 18.3. The molecule has 3 aromatic rings. The van der Waals surface area contributed by atoms with Gasteiger partial charge in [0.15, 0.2) is 0 Å².